The van der Waals surface area contributed by atoms with Crippen molar-refractivity contribution in [2.45, 2.75) is 26.3 Å². The molecular weight excluding hydrogens is 228 g/mol. The third kappa shape index (κ3) is 1.96. The summed E-state index contributed by atoms with van der Waals surface area (Å²) in [6.45, 7) is 5.15. The topological polar surface area (TPSA) is 64.9 Å². The average molecular weight is 250 g/mol. The van der Waals surface area contributed by atoms with Crippen LogP contribution in [-0.2, 0) is 13.5 Å². The van der Waals surface area contributed by atoms with Crippen LogP contribution in [0.5, 0.6) is 0 Å². The number of nitrogens with two attached hydrogens (primary N) is 1. The van der Waals surface area contributed by atoms with Crippen LogP contribution in [0, 0.1) is 0 Å². The van der Waals surface area contributed by atoms with Gasteiger partial charge in [0, 0.05) is 19.6 Å². The van der Waals surface area contributed by atoms with Gasteiger partial charge >= 0.3 is 0 Å². The number of aromatic nitrogens is 4. The molecule has 100 valence electrons. The molecule has 0 saturated carbocycles. The molecule has 1 unspecified atom stereocenters. The highest BCUT2D eigenvalue weighted by atomic mass is 15.4. The molecule has 0 fully saturated rings. The number of likely N-dealkylation sites (N-methyl/N-ethyl adjacent to an activating group) is 1. The van der Waals surface area contributed by atoms with E-state index in [9.17, 15) is 0 Å². The van der Waals surface area contributed by atoms with Gasteiger partial charge < -0.3 is 10.6 Å². The molecule has 6 nitrogen and oxygen atoms in total. The van der Waals surface area contributed by atoms with Crippen LogP contribution < -0.4 is 5.73 Å². The summed E-state index contributed by atoms with van der Waals surface area (Å²) in [7, 11) is 6.06. The number of imidazole rings is 1. The van der Waals surface area contributed by atoms with Gasteiger partial charge in [0.2, 0.25) is 5.95 Å². The molecule has 0 aliphatic rings. The second kappa shape index (κ2) is 4.61. The lowest BCUT2D eigenvalue weighted by Crippen LogP contribution is -2.24. The summed E-state index contributed by atoms with van der Waals surface area (Å²) in [5, 5.41) is 4.50. The van der Waals surface area contributed by atoms with Crippen LogP contribution in [0.1, 0.15) is 25.6 Å². The lowest BCUT2D eigenvalue weighted by Gasteiger charge is -2.19. The first-order chi connectivity index (χ1) is 8.45. The minimum atomic E-state index is 0.269. The predicted molar refractivity (Wildman–Crippen MR) is 73.6 cm³/mol. The van der Waals surface area contributed by atoms with Crippen LogP contribution in [-0.4, -0.2) is 44.9 Å². The number of anilines is 1. The monoisotopic (exact) mass is 250 g/mol. The van der Waals surface area contributed by atoms with E-state index in [2.05, 4.69) is 47.5 Å². The summed E-state index contributed by atoms with van der Waals surface area (Å²) in [5.41, 5.74) is 9.01. The number of nitrogen functional groups attached to an aromatic ring is 1. The molecule has 2 rings (SSSR count). The van der Waals surface area contributed by atoms with Crippen molar-refractivity contribution >= 4 is 17.1 Å². The fourth-order valence-corrected chi connectivity index (χ4v) is 2.50. The second-order valence-electron chi connectivity index (χ2n) is 5.05. The highest BCUT2D eigenvalue weighted by molar-refractivity contribution is 5.78. The first-order valence-corrected chi connectivity index (χ1v) is 6.29. The number of nitrogens with zero attached hydrogens (tertiary/aromatic N) is 5. The Kier molecular flexibility index (Phi) is 3.30. The van der Waals surface area contributed by atoms with E-state index in [1.165, 1.54) is 0 Å². The van der Waals surface area contributed by atoms with Crippen LogP contribution >= 0.6 is 0 Å². The Morgan fingerprint density at radius 3 is 2.61 bits per heavy atom. The second-order valence-corrected chi connectivity index (χ2v) is 5.05. The normalized spacial score (nSPS) is 13.7. The van der Waals surface area contributed by atoms with E-state index in [4.69, 9.17) is 5.73 Å². The summed E-state index contributed by atoms with van der Waals surface area (Å²) in [6.07, 6.45) is 0.871. The van der Waals surface area contributed by atoms with E-state index in [0.29, 0.717) is 5.95 Å². The van der Waals surface area contributed by atoms with Gasteiger partial charge in [0.25, 0.3) is 0 Å². The Bertz CT molecular complexity index is 550. The van der Waals surface area contributed by atoms with Gasteiger partial charge in [-0.3, -0.25) is 9.25 Å². The first-order valence-electron chi connectivity index (χ1n) is 6.29. The van der Waals surface area contributed by atoms with Crippen molar-refractivity contribution in [3.63, 3.8) is 0 Å². The zero-order valence-electron chi connectivity index (χ0n) is 11.8. The van der Waals surface area contributed by atoms with Gasteiger partial charge in [-0.05, 0) is 27.4 Å². The van der Waals surface area contributed by atoms with Crippen LogP contribution in [0.4, 0.5) is 5.95 Å². The Hall–Kier alpha value is -1.56. The smallest absolute Gasteiger partial charge is 0.202 e. The Labute approximate surface area is 107 Å². The molecule has 2 heterocycles. The number of aryl methyl sites for hydroxylation is 2. The van der Waals surface area contributed by atoms with E-state index in [0.717, 1.165) is 29.8 Å². The van der Waals surface area contributed by atoms with Crippen molar-refractivity contribution < 1.29 is 0 Å². The minimum Gasteiger partial charge on any atom is -0.369 e. The lowest BCUT2D eigenvalue weighted by molar-refractivity contribution is 0.341. The lowest BCUT2D eigenvalue weighted by atomic mass is 10.3. The highest BCUT2D eigenvalue weighted by Crippen LogP contribution is 2.25. The molecule has 0 aliphatic heterocycles. The number of fused-ring (bicyclic) bond motifs is 1. The summed E-state index contributed by atoms with van der Waals surface area (Å²) in [6, 6.07) is 0.269. The summed E-state index contributed by atoms with van der Waals surface area (Å²) in [4.78, 5) is 6.62. The maximum absolute atomic E-state index is 6.06. The van der Waals surface area contributed by atoms with E-state index < -0.39 is 0 Å². The molecule has 0 aromatic carbocycles. The molecule has 0 spiro atoms. The number of rotatable bonds is 4. The zero-order chi connectivity index (χ0) is 13.4. The van der Waals surface area contributed by atoms with Crippen LogP contribution in [0.2, 0.25) is 0 Å². The summed E-state index contributed by atoms with van der Waals surface area (Å²) < 4.78 is 3.95. The van der Waals surface area contributed by atoms with Crippen LogP contribution in [0.25, 0.3) is 11.2 Å². The van der Waals surface area contributed by atoms with Gasteiger partial charge in [0.05, 0.1) is 5.69 Å². The van der Waals surface area contributed by atoms with Gasteiger partial charge in [0.1, 0.15) is 5.52 Å². The first kappa shape index (κ1) is 12.9. The maximum Gasteiger partial charge on any atom is 0.202 e. The average Bonchev–Trinajstić information content (AvgIpc) is 2.75. The molecule has 0 radical (unpaired) electrons. The fourth-order valence-electron chi connectivity index (χ4n) is 2.50. The molecule has 2 aromatic rings. The van der Waals surface area contributed by atoms with Crippen molar-refractivity contribution in [2.24, 2.45) is 7.05 Å². The Morgan fingerprint density at radius 2 is 2.06 bits per heavy atom. The maximum atomic E-state index is 6.06. The molecule has 0 amide bonds. The van der Waals surface area contributed by atoms with Gasteiger partial charge in [-0.25, -0.2) is 4.98 Å². The number of hydrogen-bond acceptors (Lipinski definition) is 4. The fraction of sp³-hybridized carbons (Fsp3) is 0.667. The molecule has 18 heavy (non-hydrogen) atoms. The highest BCUT2D eigenvalue weighted by Gasteiger charge is 2.20. The van der Waals surface area contributed by atoms with E-state index in [1.54, 1.807) is 0 Å². The van der Waals surface area contributed by atoms with Gasteiger partial charge in [0.15, 0.2) is 5.65 Å². The van der Waals surface area contributed by atoms with E-state index in [-0.39, 0.29) is 6.04 Å². The summed E-state index contributed by atoms with van der Waals surface area (Å²) >= 11 is 0. The molecule has 1 atom stereocenters. The zero-order valence-corrected chi connectivity index (χ0v) is 11.8. The minimum absolute atomic E-state index is 0.269. The van der Waals surface area contributed by atoms with Crippen molar-refractivity contribution in [1.29, 1.82) is 0 Å². The van der Waals surface area contributed by atoms with Crippen LogP contribution in [0.15, 0.2) is 0 Å². The van der Waals surface area contributed by atoms with Crippen molar-refractivity contribution in [3.8, 4) is 0 Å². The van der Waals surface area contributed by atoms with Crippen LogP contribution in [0.3, 0.4) is 0 Å². The SMILES string of the molecule is CCc1nn(C)c2c1nc(N)n2C(C)CN(C)C. The molecule has 2 N–H and O–H groups in total. The standard InChI is InChI=1S/C12H22N6/c1-6-9-10-11(17(5)15-9)18(12(13)14-10)8(2)7-16(3)4/h8H,6-7H2,1-5H3,(H2,13,14). The molecule has 0 aliphatic carbocycles. The van der Waals surface area contributed by atoms with E-state index >= 15 is 0 Å². The quantitative estimate of drug-likeness (QED) is 0.880. The molecule has 0 bridgehead atoms. The van der Waals surface area contributed by atoms with Crippen molar-refractivity contribution in [1.82, 2.24) is 24.2 Å². The predicted octanol–water partition coefficient (Wildman–Crippen LogP) is 1.04. The number of hydrogen-bond donors (Lipinski definition) is 1. The Morgan fingerprint density at radius 1 is 1.39 bits per heavy atom. The largest absolute Gasteiger partial charge is 0.369 e. The van der Waals surface area contributed by atoms with Gasteiger partial charge in [-0.1, -0.05) is 6.92 Å². The van der Waals surface area contributed by atoms with Gasteiger partial charge in [-0.15, -0.1) is 0 Å². The Balaban J connectivity index is 2.56. The van der Waals surface area contributed by atoms with Crippen molar-refractivity contribution in [3.05, 3.63) is 5.69 Å². The summed E-state index contributed by atoms with van der Waals surface area (Å²) in [5.74, 6) is 0.571. The molecule has 0 saturated heterocycles. The van der Waals surface area contributed by atoms with E-state index in [1.807, 2.05) is 11.7 Å². The van der Waals surface area contributed by atoms with Crippen molar-refractivity contribution in [2.75, 3.05) is 26.4 Å². The molecule has 6 heteroatoms. The third-order valence-electron chi connectivity index (χ3n) is 3.17. The molecular formula is C12H22N6. The molecule has 2 aromatic heterocycles. The van der Waals surface area contributed by atoms with Gasteiger partial charge in [-0.2, -0.15) is 5.10 Å². The third-order valence-corrected chi connectivity index (χ3v) is 3.17.